The predicted molar refractivity (Wildman–Crippen MR) is 104 cm³/mol. The molecule has 2 amide bonds. The molecule has 0 aromatic heterocycles. The number of benzene rings is 2. The quantitative estimate of drug-likeness (QED) is 0.817. The maximum atomic E-state index is 14.0. The van der Waals surface area contributed by atoms with Gasteiger partial charge in [0, 0.05) is 33.1 Å². The van der Waals surface area contributed by atoms with E-state index in [4.69, 9.17) is 0 Å². The lowest BCUT2D eigenvalue weighted by atomic mass is 10.1. The molecule has 1 aliphatic rings. The average molecular weight is 380 g/mol. The molecule has 0 saturated carbocycles. The second-order valence-corrected chi connectivity index (χ2v) is 6.55. The molecule has 1 fully saturated rings. The first-order valence-electron chi connectivity index (χ1n) is 9.05. The van der Waals surface area contributed by atoms with Gasteiger partial charge in [0.05, 0.1) is 16.9 Å². The Hall–Kier alpha value is -3.40. The van der Waals surface area contributed by atoms with Gasteiger partial charge in [0.25, 0.3) is 0 Å². The van der Waals surface area contributed by atoms with Gasteiger partial charge in [0.1, 0.15) is 18.4 Å². The van der Waals surface area contributed by atoms with E-state index in [0.717, 1.165) is 0 Å². The number of hydrogen-bond acceptors (Lipinski definition) is 4. The number of amides is 2. The van der Waals surface area contributed by atoms with Crippen LogP contribution in [0.1, 0.15) is 12.5 Å². The van der Waals surface area contributed by atoms with Crippen LogP contribution >= 0.6 is 0 Å². The molecular weight excluding hydrogens is 359 g/mol. The molecule has 1 saturated heterocycles. The molecule has 0 unspecified atom stereocenters. The molecule has 2 aromatic rings. The first-order chi connectivity index (χ1) is 13.5. The van der Waals surface area contributed by atoms with Crippen molar-refractivity contribution in [2.75, 3.05) is 42.5 Å². The van der Waals surface area contributed by atoms with Crippen LogP contribution in [-0.2, 0) is 9.59 Å². The second kappa shape index (κ2) is 8.53. The van der Waals surface area contributed by atoms with Crippen LogP contribution in [0.4, 0.5) is 15.8 Å². The van der Waals surface area contributed by atoms with Gasteiger partial charge < -0.3 is 14.7 Å². The lowest BCUT2D eigenvalue weighted by Crippen LogP contribution is -2.52. The normalized spacial score (nSPS) is 13.8. The molecule has 6 nitrogen and oxygen atoms in total. The number of piperazine rings is 1. The smallest absolute Gasteiger partial charge is 0.242 e. The minimum Gasteiger partial charge on any atom is -0.366 e. The fraction of sp³-hybridized carbons (Fsp3) is 0.286. The van der Waals surface area contributed by atoms with Gasteiger partial charge in [-0.2, -0.15) is 5.26 Å². The van der Waals surface area contributed by atoms with Crippen molar-refractivity contribution in [2.45, 2.75) is 6.92 Å². The van der Waals surface area contributed by atoms with E-state index in [9.17, 15) is 19.2 Å². The standard InChI is InChI=1S/C21H21FN4O2/c1-16(27)26(19-8-4-2-6-17(19)14-23)15-21(28)25-12-10-24(11-13-25)20-9-5-3-7-18(20)22/h2-9H,10-13,15H2,1H3. The molecular formula is C21H21FN4O2. The SMILES string of the molecule is CC(=O)N(CC(=O)N1CCN(c2ccccc2F)CC1)c1ccccc1C#N. The highest BCUT2D eigenvalue weighted by molar-refractivity contribution is 5.98. The van der Waals surface area contributed by atoms with Gasteiger partial charge in [0.2, 0.25) is 11.8 Å². The van der Waals surface area contributed by atoms with Crippen molar-refractivity contribution >= 4 is 23.2 Å². The summed E-state index contributed by atoms with van der Waals surface area (Å²) < 4.78 is 14.0. The third-order valence-electron chi connectivity index (χ3n) is 4.81. The zero-order chi connectivity index (χ0) is 20.1. The molecule has 0 N–H and O–H groups in total. The Balaban J connectivity index is 1.67. The molecule has 2 aromatic carbocycles. The number of hydrogen-bond donors (Lipinski definition) is 0. The van der Waals surface area contributed by atoms with E-state index in [2.05, 4.69) is 6.07 Å². The Labute approximate surface area is 163 Å². The first-order valence-corrected chi connectivity index (χ1v) is 9.05. The molecule has 1 heterocycles. The minimum absolute atomic E-state index is 0.131. The fourth-order valence-electron chi connectivity index (χ4n) is 3.31. The van der Waals surface area contributed by atoms with E-state index in [1.54, 1.807) is 47.4 Å². The highest BCUT2D eigenvalue weighted by Gasteiger charge is 2.26. The van der Waals surface area contributed by atoms with Crippen molar-refractivity contribution < 1.29 is 14.0 Å². The van der Waals surface area contributed by atoms with Crippen LogP contribution in [-0.4, -0.2) is 49.4 Å². The van der Waals surface area contributed by atoms with Crippen LogP contribution in [0.25, 0.3) is 0 Å². The number of carbonyl (C=O) groups is 2. The molecule has 144 valence electrons. The molecule has 7 heteroatoms. The number of nitriles is 1. The summed E-state index contributed by atoms with van der Waals surface area (Å²) in [5.41, 5.74) is 1.30. The van der Waals surface area contributed by atoms with Gasteiger partial charge in [-0.3, -0.25) is 9.59 Å². The van der Waals surface area contributed by atoms with Crippen molar-refractivity contribution in [1.29, 1.82) is 5.26 Å². The van der Waals surface area contributed by atoms with E-state index in [1.807, 2.05) is 4.90 Å². The molecule has 0 atom stereocenters. The molecule has 0 radical (unpaired) electrons. The van der Waals surface area contributed by atoms with E-state index in [-0.39, 0.29) is 24.2 Å². The number of para-hydroxylation sites is 2. The maximum absolute atomic E-state index is 14.0. The highest BCUT2D eigenvalue weighted by Crippen LogP contribution is 2.22. The maximum Gasteiger partial charge on any atom is 0.242 e. The highest BCUT2D eigenvalue weighted by atomic mass is 19.1. The van der Waals surface area contributed by atoms with Gasteiger partial charge in [0.15, 0.2) is 0 Å². The predicted octanol–water partition coefficient (Wildman–Crippen LogP) is 2.40. The number of nitrogens with zero attached hydrogens (tertiary/aromatic N) is 4. The molecule has 0 aliphatic carbocycles. The summed E-state index contributed by atoms with van der Waals surface area (Å²) in [6.45, 7) is 3.16. The number of anilines is 2. The van der Waals surface area contributed by atoms with E-state index in [0.29, 0.717) is 43.1 Å². The van der Waals surface area contributed by atoms with Crippen LogP contribution in [0.5, 0.6) is 0 Å². The van der Waals surface area contributed by atoms with Gasteiger partial charge in [-0.05, 0) is 24.3 Å². The third kappa shape index (κ3) is 4.12. The topological polar surface area (TPSA) is 67.7 Å². The van der Waals surface area contributed by atoms with Crippen molar-refractivity contribution in [3.63, 3.8) is 0 Å². The summed E-state index contributed by atoms with van der Waals surface area (Å²) in [7, 11) is 0. The van der Waals surface area contributed by atoms with E-state index >= 15 is 0 Å². The zero-order valence-electron chi connectivity index (χ0n) is 15.6. The van der Waals surface area contributed by atoms with Crippen molar-refractivity contribution in [3.05, 3.63) is 59.9 Å². The summed E-state index contributed by atoms with van der Waals surface area (Å²) in [6.07, 6.45) is 0. The summed E-state index contributed by atoms with van der Waals surface area (Å²) in [6, 6.07) is 15.3. The lowest BCUT2D eigenvalue weighted by molar-refractivity contribution is -0.131. The van der Waals surface area contributed by atoms with E-state index in [1.165, 1.54) is 17.9 Å². The Morgan fingerprint density at radius 3 is 2.36 bits per heavy atom. The third-order valence-corrected chi connectivity index (χ3v) is 4.81. The van der Waals surface area contributed by atoms with Crippen LogP contribution in [0.2, 0.25) is 0 Å². The molecule has 0 spiro atoms. The summed E-state index contributed by atoms with van der Waals surface area (Å²) in [4.78, 5) is 29.8. The molecule has 1 aliphatic heterocycles. The van der Waals surface area contributed by atoms with Crippen molar-refractivity contribution in [2.24, 2.45) is 0 Å². The molecule has 3 rings (SSSR count). The van der Waals surface area contributed by atoms with Crippen LogP contribution in [0, 0.1) is 17.1 Å². The van der Waals surface area contributed by atoms with Crippen molar-refractivity contribution in [3.8, 4) is 6.07 Å². The van der Waals surface area contributed by atoms with Gasteiger partial charge >= 0.3 is 0 Å². The summed E-state index contributed by atoms with van der Waals surface area (Å²) >= 11 is 0. The van der Waals surface area contributed by atoms with Crippen LogP contribution in [0.15, 0.2) is 48.5 Å². The molecule has 0 bridgehead atoms. The minimum atomic E-state index is -0.305. The molecule has 28 heavy (non-hydrogen) atoms. The van der Waals surface area contributed by atoms with Crippen LogP contribution < -0.4 is 9.80 Å². The fourth-order valence-corrected chi connectivity index (χ4v) is 3.31. The summed E-state index contributed by atoms with van der Waals surface area (Å²) in [5, 5.41) is 9.27. The first kappa shape index (κ1) is 19.4. The second-order valence-electron chi connectivity index (χ2n) is 6.55. The average Bonchev–Trinajstić information content (AvgIpc) is 2.72. The number of rotatable bonds is 4. The largest absolute Gasteiger partial charge is 0.366 e. The Kier molecular flexibility index (Phi) is 5.90. The van der Waals surface area contributed by atoms with E-state index < -0.39 is 0 Å². The van der Waals surface area contributed by atoms with Gasteiger partial charge in [-0.1, -0.05) is 24.3 Å². The Morgan fingerprint density at radius 1 is 1.07 bits per heavy atom. The number of halogens is 1. The van der Waals surface area contributed by atoms with Crippen LogP contribution in [0.3, 0.4) is 0 Å². The Morgan fingerprint density at radius 2 is 1.71 bits per heavy atom. The van der Waals surface area contributed by atoms with Gasteiger partial charge in [-0.25, -0.2) is 4.39 Å². The lowest BCUT2D eigenvalue weighted by Gasteiger charge is -2.37. The monoisotopic (exact) mass is 380 g/mol. The van der Waals surface area contributed by atoms with Crippen molar-refractivity contribution in [1.82, 2.24) is 4.90 Å². The Bertz CT molecular complexity index is 917. The summed E-state index contributed by atoms with van der Waals surface area (Å²) in [5.74, 6) is -0.782. The zero-order valence-corrected chi connectivity index (χ0v) is 15.6. The van der Waals surface area contributed by atoms with Gasteiger partial charge in [-0.15, -0.1) is 0 Å². The number of carbonyl (C=O) groups excluding carboxylic acids is 2.